The standard InChI is InChI=1S/C20H18O3S/c1-2-22-20(21)13-15-12-19(24-14-15)16-8-10-18(11-9-16)23-17-6-4-3-5-7-17/h3-12,14H,2,13H2,1H3. The molecule has 0 amide bonds. The number of para-hydroxylation sites is 1. The lowest BCUT2D eigenvalue weighted by Gasteiger charge is -2.06. The van der Waals surface area contributed by atoms with Crippen LogP contribution in [0, 0.1) is 0 Å². The molecule has 0 radical (unpaired) electrons. The number of carbonyl (C=O) groups excluding carboxylic acids is 1. The van der Waals surface area contributed by atoms with Gasteiger partial charge in [0.05, 0.1) is 13.0 Å². The summed E-state index contributed by atoms with van der Waals surface area (Å²) >= 11 is 1.62. The number of carbonyl (C=O) groups is 1. The van der Waals surface area contributed by atoms with E-state index in [2.05, 4.69) is 0 Å². The van der Waals surface area contributed by atoms with E-state index in [1.165, 1.54) is 0 Å². The molecule has 24 heavy (non-hydrogen) atoms. The number of benzene rings is 2. The van der Waals surface area contributed by atoms with Crippen molar-refractivity contribution in [2.45, 2.75) is 13.3 Å². The molecule has 0 bridgehead atoms. The van der Waals surface area contributed by atoms with Crippen molar-refractivity contribution in [3.05, 3.63) is 71.6 Å². The Kier molecular flexibility index (Phi) is 5.29. The van der Waals surface area contributed by atoms with Crippen LogP contribution < -0.4 is 4.74 Å². The zero-order valence-electron chi connectivity index (χ0n) is 13.4. The predicted molar refractivity (Wildman–Crippen MR) is 96.6 cm³/mol. The van der Waals surface area contributed by atoms with E-state index in [0.717, 1.165) is 27.5 Å². The van der Waals surface area contributed by atoms with Crippen LogP contribution in [-0.2, 0) is 16.0 Å². The lowest BCUT2D eigenvalue weighted by Crippen LogP contribution is -2.06. The molecule has 2 aromatic carbocycles. The molecular weight excluding hydrogens is 320 g/mol. The number of esters is 1. The molecule has 1 aromatic heterocycles. The first-order valence-corrected chi connectivity index (χ1v) is 8.69. The van der Waals surface area contributed by atoms with Gasteiger partial charge in [0, 0.05) is 4.88 Å². The van der Waals surface area contributed by atoms with Crippen molar-refractivity contribution >= 4 is 17.3 Å². The summed E-state index contributed by atoms with van der Waals surface area (Å²) < 4.78 is 10.8. The molecule has 0 unspecified atom stereocenters. The largest absolute Gasteiger partial charge is 0.466 e. The lowest BCUT2D eigenvalue weighted by molar-refractivity contribution is -0.142. The van der Waals surface area contributed by atoms with Gasteiger partial charge in [-0.25, -0.2) is 0 Å². The highest BCUT2D eigenvalue weighted by molar-refractivity contribution is 7.13. The summed E-state index contributed by atoms with van der Waals surface area (Å²) in [4.78, 5) is 12.7. The molecule has 0 N–H and O–H groups in total. The van der Waals surface area contributed by atoms with Crippen LogP contribution in [0.5, 0.6) is 11.5 Å². The van der Waals surface area contributed by atoms with E-state index in [0.29, 0.717) is 13.0 Å². The van der Waals surface area contributed by atoms with Crippen LogP contribution in [0.4, 0.5) is 0 Å². The number of hydrogen-bond acceptors (Lipinski definition) is 4. The Morgan fingerprint density at radius 3 is 2.42 bits per heavy atom. The molecule has 0 fully saturated rings. The lowest BCUT2D eigenvalue weighted by atomic mass is 10.1. The molecule has 0 aliphatic heterocycles. The Bertz CT molecular complexity index is 791. The molecule has 3 nitrogen and oxygen atoms in total. The summed E-state index contributed by atoms with van der Waals surface area (Å²) in [5, 5.41) is 2.00. The van der Waals surface area contributed by atoms with Crippen LogP contribution in [0.3, 0.4) is 0 Å². The second-order valence-electron chi connectivity index (χ2n) is 5.24. The third kappa shape index (κ3) is 4.24. The third-order valence-corrected chi connectivity index (χ3v) is 4.45. The fourth-order valence-electron chi connectivity index (χ4n) is 2.31. The van der Waals surface area contributed by atoms with Crippen molar-refractivity contribution in [3.8, 4) is 21.9 Å². The van der Waals surface area contributed by atoms with Crippen molar-refractivity contribution in [3.63, 3.8) is 0 Å². The maximum absolute atomic E-state index is 11.5. The molecule has 0 aliphatic rings. The first-order chi connectivity index (χ1) is 11.7. The summed E-state index contributed by atoms with van der Waals surface area (Å²) in [6, 6.07) is 19.7. The van der Waals surface area contributed by atoms with Crippen LogP contribution in [0.1, 0.15) is 12.5 Å². The van der Waals surface area contributed by atoms with E-state index in [9.17, 15) is 4.79 Å². The molecule has 122 valence electrons. The molecule has 3 rings (SSSR count). The van der Waals surface area contributed by atoms with Gasteiger partial charge in [-0.3, -0.25) is 4.79 Å². The minimum Gasteiger partial charge on any atom is -0.466 e. The molecule has 4 heteroatoms. The smallest absolute Gasteiger partial charge is 0.310 e. The molecule has 0 aliphatic carbocycles. The van der Waals surface area contributed by atoms with Gasteiger partial charge < -0.3 is 9.47 Å². The Morgan fingerprint density at radius 1 is 1.00 bits per heavy atom. The normalized spacial score (nSPS) is 10.4. The highest BCUT2D eigenvalue weighted by Gasteiger charge is 2.08. The van der Waals surface area contributed by atoms with Gasteiger partial charge in [0.15, 0.2) is 0 Å². The van der Waals surface area contributed by atoms with Crippen molar-refractivity contribution in [1.82, 2.24) is 0 Å². The van der Waals surface area contributed by atoms with Crippen LogP contribution >= 0.6 is 11.3 Å². The average molecular weight is 338 g/mol. The zero-order valence-corrected chi connectivity index (χ0v) is 14.2. The Labute approximate surface area is 145 Å². The van der Waals surface area contributed by atoms with Crippen LogP contribution in [0.2, 0.25) is 0 Å². The fourth-order valence-corrected chi connectivity index (χ4v) is 3.23. The predicted octanol–water partition coefficient (Wildman–Crippen LogP) is 5.31. The molecule has 3 aromatic rings. The minimum atomic E-state index is -0.187. The Morgan fingerprint density at radius 2 is 1.71 bits per heavy atom. The van der Waals surface area contributed by atoms with E-state index in [4.69, 9.17) is 9.47 Å². The van der Waals surface area contributed by atoms with E-state index >= 15 is 0 Å². The van der Waals surface area contributed by atoms with E-state index in [1.54, 1.807) is 11.3 Å². The monoisotopic (exact) mass is 338 g/mol. The molecule has 0 spiro atoms. The second kappa shape index (κ2) is 7.79. The maximum atomic E-state index is 11.5. The van der Waals surface area contributed by atoms with Gasteiger partial charge in [0.2, 0.25) is 0 Å². The van der Waals surface area contributed by atoms with E-state index in [1.807, 2.05) is 73.0 Å². The molecule has 0 saturated carbocycles. The van der Waals surface area contributed by atoms with Gasteiger partial charge in [0.25, 0.3) is 0 Å². The van der Waals surface area contributed by atoms with Crippen LogP contribution in [-0.4, -0.2) is 12.6 Å². The highest BCUT2D eigenvalue weighted by atomic mass is 32.1. The Balaban J connectivity index is 1.67. The SMILES string of the molecule is CCOC(=O)Cc1csc(-c2ccc(Oc3ccccc3)cc2)c1. The maximum Gasteiger partial charge on any atom is 0.310 e. The summed E-state index contributed by atoms with van der Waals surface area (Å²) in [6.45, 7) is 2.23. The van der Waals surface area contributed by atoms with Crippen molar-refractivity contribution < 1.29 is 14.3 Å². The number of rotatable bonds is 6. The van der Waals surface area contributed by atoms with Gasteiger partial charge in [-0.05, 0) is 65.9 Å². The third-order valence-electron chi connectivity index (χ3n) is 3.43. The van der Waals surface area contributed by atoms with Gasteiger partial charge in [0.1, 0.15) is 11.5 Å². The average Bonchev–Trinajstić information content (AvgIpc) is 3.05. The van der Waals surface area contributed by atoms with Crippen molar-refractivity contribution in [2.24, 2.45) is 0 Å². The van der Waals surface area contributed by atoms with E-state index in [-0.39, 0.29) is 5.97 Å². The molecule has 0 atom stereocenters. The minimum absolute atomic E-state index is 0.187. The Hall–Kier alpha value is -2.59. The molecule has 0 saturated heterocycles. The molecule has 1 heterocycles. The number of thiophene rings is 1. The first kappa shape index (κ1) is 16.3. The second-order valence-corrected chi connectivity index (χ2v) is 6.15. The summed E-state index contributed by atoms with van der Waals surface area (Å²) in [5.74, 6) is 1.43. The number of ether oxygens (including phenoxy) is 2. The van der Waals surface area contributed by atoms with E-state index < -0.39 is 0 Å². The topological polar surface area (TPSA) is 35.5 Å². The summed E-state index contributed by atoms with van der Waals surface area (Å²) in [5.41, 5.74) is 2.09. The molecular formula is C20H18O3S. The van der Waals surface area contributed by atoms with Gasteiger partial charge in [-0.1, -0.05) is 18.2 Å². The number of hydrogen-bond donors (Lipinski definition) is 0. The first-order valence-electron chi connectivity index (χ1n) is 7.81. The van der Waals surface area contributed by atoms with Crippen molar-refractivity contribution in [1.29, 1.82) is 0 Å². The summed E-state index contributed by atoms with van der Waals surface area (Å²) in [6.07, 6.45) is 0.319. The quantitative estimate of drug-likeness (QED) is 0.571. The fraction of sp³-hybridized carbons (Fsp3) is 0.150. The highest BCUT2D eigenvalue weighted by Crippen LogP contribution is 2.30. The van der Waals surface area contributed by atoms with Gasteiger partial charge in [-0.2, -0.15) is 0 Å². The zero-order chi connectivity index (χ0) is 16.8. The van der Waals surface area contributed by atoms with Gasteiger partial charge in [-0.15, -0.1) is 11.3 Å². The van der Waals surface area contributed by atoms with Crippen molar-refractivity contribution in [2.75, 3.05) is 6.61 Å². The van der Waals surface area contributed by atoms with Crippen LogP contribution in [0.15, 0.2) is 66.0 Å². The summed E-state index contributed by atoms with van der Waals surface area (Å²) in [7, 11) is 0. The van der Waals surface area contributed by atoms with Crippen LogP contribution in [0.25, 0.3) is 10.4 Å². The van der Waals surface area contributed by atoms with Gasteiger partial charge >= 0.3 is 5.97 Å².